The van der Waals surface area contributed by atoms with E-state index in [0.717, 1.165) is 11.7 Å². The van der Waals surface area contributed by atoms with Gasteiger partial charge in [0.25, 0.3) is 0 Å². The van der Waals surface area contributed by atoms with Gasteiger partial charge in [0, 0.05) is 12.1 Å². The summed E-state index contributed by atoms with van der Waals surface area (Å²) in [6.07, 6.45) is 5.40. The van der Waals surface area contributed by atoms with Crippen LogP contribution >= 0.6 is 0 Å². The minimum atomic E-state index is 0.424. The summed E-state index contributed by atoms with van der Waals surface area (Å²) in [5, 5.41) is 3.79. The topological polar surface area (TPSA) is 21.3 Å². The molecule has 2 rings (SSSR count). The van der Waals surface area contributed by atoms with Gasteiger partial charge in [0.2, 0.25) is 0 Å². The Labute approximate surface area is 111 Å². The minimum absolute atomic E-state index is 0.424. The van der Waals surface area contributed by atoms with Gasteiger partial charge in [-0.05, 0) is 43.4 Å². The SMILES string of the molecule is CCC1CCCC1N[C@@H](C)c1ccc(OC)cc1. The van der Waals surface area contributed by atoms with E-state index < -0.39 is 0 Å². The lowest BCUT2D eigenvalue weighted by molar-refractivity contribution is 0.360. The van der Waals surface area contributed by atoms with Crippen molar-refractivity contribution in [1.29, 1.82) is 0 Å². The zero-order valence-corrected chi connectivity index (χ0v) is 11.8. The highest BCUT2D eigenvalue weighted by Gasteiger charge is 2.26. The summed E-state index contributed by atoms with van der Waals surface area (Å²) < 4.78 is 5.20. The maximum Gasteiger partial charge on any atom is 0.118 e. The number of nitrogens with one attached hydrogen (secondary N) is 1. The second-order valence-corrected chi connectivity index (χ2v) is 5.37. The number of hydrogen-bond donors (Lipinski definition) is 1. The van der Waals surface area contributed by atoms with E-state index in [0.29, 0.717) is 12.1 Å². The van der Waals surface area contributed by atoms with Crippen molar-refractivity contribution in [3.05, 3.63) is 29.8 Å². The highest BCUT2D eigenvalue weighted by Crippen LogP contribution is 2.30. The van der Waals surface area contributed by atoms with E-state index in [1.807, 2.05) is 12.1 Å². The molecule has 2 nitrogen and oxygen atoms in total. The molecule has 100 valence electrons. The second-order valence-electron chi connectivity index (χ2n) is 5.37. The van der Waals surface area contributed by atoms with Crippen LogP contribution in [0.5, 0.6) is 5.75 Å². The molecule has 0 heterocycles. The Kier molecular flexibility index (Phi) is 4.65. The lowest BCUT2D eigenvalue weighted by Crippen LogP contribution is -2.34. The standard InChI is InChI=1S/C16H25NO/c1-4-13-6-5-7-16(13)17-12(2)14-8-10-15(18-3)11-9-14/h8-13,16-17H,4-7H2,1-3H3/t12-,13?,16?/m0/s1. The van der Waals surface area contributed by atoms with Gasteiger partial charge in [-0.1, -0.05) is 31.9 Å². The summed E-state index contributed by atoms with van der Waals surface area (Å²) in [4.78, 5) is 0. The summed E-state index contributed by atoms with van der Waals surface area (Å²) in [7, 11) is 1.71. The first-order valence-corrected chi connectivity index (χ1v) is 7.14. The zero-order valence-electron chi connectivity index (χ0n) is 11.8. The van der Waals surface area contributed by atoms with E-state index in [2.05, 4.69) is 31.3 Å². The van der Waals surface area contributed by atoms with Crippen LogP contribution in [0, 0.1) is 5.92 Å². The third-order valence-electron chi connectivity index (χ3n) is 4.26. The molecule has 1 aromatic rings. The van der Waals surface area contributed by atoms with E-state index in [9.17, 15) is 0 Å². The van der Waals surface area contributed by atoms with Gasteiger partial charge in [-0.25, -0.2) is 0 Å². The van der Waals surface area contributed by atoms with E-state index in [-0.39, 0.29) is 0 Å². The Bertz CT molecular complexity index is 360. The molecule has 1 aliphatic rings. The zero-order chi connectivity index (χ0) is 13.0. The molecular weight excluding hydrogens is 222 g/mol. The molecule has 1 aromatic carbocycles. The Morgan fingerprint density at radius 2 is 2.00 bits per heavy atom. The third kappa shape index (κ3) is 3.05. The molecule has 0 amide bonds. The van der Waals surface area contributed by atoms with Crippen LogP contribution in [-0.4, -0.2) is 13.2 Å². The molecule has 0 radical (unpaired) electrons. The molecular formula is C16H25NO. The van der Waals surface area contributed by atoms with Crippen molar-refractivity contribution in [2.75, 3.05) is 7.11 Å². The molecule has 1 saturated carbocycles. The molecule has 2 heteroatoms. The average molecular weight is 247 g/mol. The highest BCUT2D eigenvalue weighted by atomic mass is 16.5. The van der Waals surface area contributed by atoms with Gasteiger partial charge in [0.15, 0.2) is 0 Å². The minimum Gasteiger partial charge on any atom is -0.497 e. The molecule has 1 aliphatic carbocycles. The van der Waals surface area contributed by atoms with Crippen molar-refractivity contribution in [3.8, 4) is 5.75 Å². The molecule has 0 aliphatic heterocycles. The largest absolute Gasteiger partial charge is 0.497 e. The van der Waals surface area contributed by atoms with E-state index in [1.54, 1.807) is 7.11 Å². The van der Waals surface area contributed by atoms with Crippen LogP contribution in [0.15, 0.2) is 24.3 Å². The van der Waals surface area contributed by atoms with Crippen molar-refractivity contribution < 1.29 is 4.74 Å². The van der Waals surface area contributed by atoms with Crippen LogP contribution < -0.4 is 10.1 Å². The summed E-state index contributed by atoms with van der Waals surface area (Å²) in [5.74, 6) is 1.80. The number of rotatable bonds is 5. The molecule has 0 saturated heterocycles. The summed E-state index contributed by atoms with van der Waals surface area (Å²) in [6.45, 7) is 4.57. The monoisotopic (exact) mass is 247 g/mol. The number of ether oxygens (including phenoxy) is 1. The smallest absolute Gasteiger partial charge is 0.118 e. The number of methoxy groups -OCH3 is 1. The molecule has 2 unspecified atom stereocenters. The van der Waals surface area contributed by atoms with Gasteiger partial charge in [-0.15, -0.1) is 0 Å². The number of hydrogen-bond acceptors (Lipinski definition) is 2. The summed E-state index contributed by atoms with van der Waals surface area (Å²) in [6, 6.07) is 9.53. The van der Waals surface area contributed by atoms with Crippen LogP contribution in [0.1, 0.15) is 51.1 Å². The van der Waals surface area contributed by atoms with Crippen molar-refractivity contribution in [2.45, 2.75) is 51.6 Å². The number of benzene rings is 1. The lowest BCUT2D eigenvalue weighted by Gasteiger charge is -2.24. The Balaban J connectivity index is 1.95. The predicted octanol–water partition coefficient (Wildman–Crippen LogP) is 3.92. The maximum atomic E-state index is 5.20. The summed E-state index contributed by atoms with van der Waals surface area (Å²) >= 11 is 0. The fraction of sp³-hybridized carbons (Fsp3) is 0.625. The molecule has 1 N–H and O–H groups in total. The van der Waals surface area contributed by atoms with Gasteiger partial charge < -0.3 is 10.1 Å². The van der Waals surface area contributed by atoms with Gasteiger partial charge in [-0.2, -0.15) is 0 Å². The van der Waals surface area contributed by atoms with Gasteiger partial charge >= 0.3 is 0 Å². The van der Waals surface area contributed by atoms with Crippen LogP contribution in [-0.2, 0) is 0 Å². The molecule has 3 atom stereocenters. The molecule has 1 fully saturated rings. The van der Waals surface area contributed by atoms with Crippen LogP contribution in [0.25, 0.3) is 0 Å². The summed E-state index contributed by atoms with van der Waals surface area (Å²) in [5.41, 5.74) is 1.34. The van der Waals surface area contributed by atoms with E-state index in [4.69, 9.17) is 4.74 Å². The van der Waals surface area contributed by atoms with E-state index >= 15 is 0 Å². The second kappa shape index (κ2) is 6.24. The Hall–Kier alpha value is -1.02. The van der Waals surface area contributed by atoms with E-state index in [1.165, 1.54) is 31.2 Å². The Morgan fingerprint density at radius 1 is 1.28 bits per heavy atom. The van der Waals surface area contributed by atoms with Crippen molar-refractivity contribution >= 4 is 0 Å². The quantitative estimate of drug-likeness (QED) is 0.851. The third-order valence-corrected chi connectivity index (χ3v) is 4.26. The van der Waals surface area contributed by atoms with Crippen molar-refractivity contribution in [1.82, 2.24) is 5.32 Å². The van der Waals surface area contributed by atoms with Crippen molar-refractivity contribution in [3.63, 3.8) is 0 Å². The fourth-order valence-electron chi connectivity index (χ4n) is 3.05. The first-order valence-electron chi connectivity index (χ1n) is 7.14. The average Bonchev–Trinajstić information content (AvgIpc) is 2.86. The molecule has 0 bridgehead atoms. The van der Waals surface area contributed by atoms with Gasteiger partial charge in [0.1, 0.15) is 5.75 Å². The van der Waals surface area contributed by atoms with Gasteiger partial charge in [-0.3, -0.25) is 0 Å². The van der Waals surface area contributed by atoms with Crippen molar-refractivity contribution in [2.24, 2.45) is 5.92 Å². The van der Waals surface area contributed by atoms with Crippen LogP contribution in [0.4, 0.5) is 0 Å². The molecule has 18 heavy (non-hydrogen) atoms. The first-order chi connectivity index (χ1) is 8.74. The molecule has 0 spiro atoms. The lowest BCUT2D eigenvalue weighted by atomic mass is 9.98. The Morgan fingerprint density at radius 3 is 2.61 bits per heavy atom. The maximum absolute atomic E-state index is 5.20. The van der Waals surface area contributed by atoms with Crippen LogP contribution in [0.3, 0.4) is 0 Å². The fourth-order valence-corrected chi connectivity index (χ4v) is 3.05. The predicted molar refractivity (Wildman–Crippen MR) is 76.0 cm³/mol. The molecule has 0 aromatic heterocycles. The first kappa shape index (κ1) is 13.4. The van der Waals surface area contributed by atoms with Crippen LogP contribution in [0.2, 0.25) is 0 Å². The van der Waals surface area contributed by atoms with Gasteiger partial charge in [0.05, 0.1) is 7.11 Å². The normalized spacial score (nSPS) is 25.1. The highest BCUT2D eigenvalue weighted by molar-refractivity contribution is 5.28.